The minimum absolute atomic E-state index is 0.700. The molecule has 0 radical (unpaired) electrons. The van der Waals surface area contributed by atoms with Crippen molar-refractivity contribution in [3.05, 3.63) is 71.3 Å². The van der Waals surface area contributed by atoms with Gasteiger partial charge in [0, 0.05) is 36.3 Å². The lowest BCUT2D eigenvalue weighted by Crippen LogP contribution is -2.49. The van der Waals surface area contributed by atoms with E-state index in [1.54, 1.807) is 42.4 Å². The summed E-state index contributed by atoms with van der Waals surface area (Å²) in [5.74, 6) is 8.14. The number of hydrogen-bond acceptors (Lipinski definition) is 2. The van der Waals surface area contributed by atoms with Crippen molar-refractivity contribution in [1.29, 1.82) is 0 Å². The van der Waals surface area contributed by atoms with Crippen LogP contribution < -0.4 is 0 Å². The van der Waals surface area contributed by atoms with Crippen LogP contribution in [0.5, 0.6) is 0 Å². The molecule has 7 fully saturated rings. The van der Waals surface area contributed by atoms with E-state index >= 15 is 0 Å². The van der Waals surface area contributed by atoms with Gasteiger partial charge in [0.25, 0.3) is 0 Å². The molecule has 8 aliphatic carbocycles. The van der Waals surface area contributed by atoms with E-state index in [0.29, 0.717) is 6.04 Å². The number of likely N-dealkylation sites (tertiary alicyclic amines) is 2. The summed E-state index contributed by atoms with van der Waals surface area (Å²) in [5, 5.41) is 0. The van der Waals surface area contributed by atoms with Gasteiger partial charge >= 0.3 is 0 Å². The molecule has 5 saturated carbocycles. The fourth-order valence-corrected chi connectivity index (χ4v) is 16.8. The zero-order chi connectivity index (χ0) is 37.0. The molecule has 12 atom stereocenters. The number of fused-ring (bicyclic) bond motifs is 6. The number of hydrogen-bond donors (Lipinski definition) is 0. The van der Waals surface area contributed by atoms with E-state index in [1.165, 1.54) is 148 Å². The van der Waals surface area contributed by atoms with Crippen molar-refractivity contribution in [2.75, 3.05) is 0 Å². The number of benzene rings is 1. The maximum atomic E-state index is 3.29. The molecular weight excluding hydrogens is 677 g/mol. The van der Waals surface area contributed by atoms with Crippen LogP contribution in [0.25, 0.3) is 0 Å². The van der Waals surface area contributed by atoms with Gasteiger partial charge in [0.2, 0.25) is 0 Å². The maximum absolute atomic E-state index is 3.29. The number of allylic oxidation sites excluding steroid dienone is 4. The molecular formula is C54H78N2. The summed E-state index contributed by atoms with van der Waals surface area (Å²) in [6.45, 7) is 0. The molecule has 1 aromatic carbocycles. The van der Waals surface area contributed by atoms with Crippen LogP contribution in [-0.4, -0.2) is 46.1 Å². The van der Waals surface area contributed by atoms with Gasteiger partial charge in [-0.3, -0.25) is 9.80 Å². The standard InChI is InChI=1S/C54H78N2/c1-3-12-37(13-4-1)39-22-28-45(29-23-39)55-51-20-9-7-18-47(51)49-35-43(26-32-53(49)55)44-27-33-54-50(36-44)48-19-8-10-21-52(48)56(54)46-30-24-40(25-31-46)42-17-11-16-41(34-42)38-14-5-2-6-15-38/h7,11-12,16-18,22,28,34,38-40,43-54H,1-6,8-10,13-15,19-21,23-27,29-33,35-36H2. The Balaban J connectivity index is 0.747. The molecule has 10 aliphatic rings. The third kappa shape index (κ3) is 7.01. The lowest BCUT2D eigenvalue weighted by Gasteiger charge is -2.47. The molecule has 0 N–H and O–H groups in total. The smallest absolute Gasteiger partial charge is 0.0284 e. The van der Waals surface area contributed by atoms with Gasteiger partial charge in [-0.25, -0.2) is 0 Å². The molecule has 2 heteroatoms. The molecule has 1 aromatic rings. The molecule has 0 spiro atoms. The van der Waals surface area contributed by atoms with Crippen molar-refractivity contribution in [1.82, 2.24) is 9.80 Å². The highest BCUT2D eigenvalue weighted by atomic mass is 15.3. The molecule has 2 nitrogen and oxygen atoms in total. The van der Waals surface area contributed by atoms with Crippen LogP contribution in [0.15, 0.2) is 60.2 Å². The summed E-state index contributed by atoms with van der Waals surface area (Å²) in [5.41, 5.74) is 5.14. The largest absolute Gasteiger partial charge is 0.294 e. The molecule has 2 saturated heterocycles. The quantitative estimate of drug-likeness (QED) is 0.267. The molecule has 0 bridgehead atoms. The van der Waals surface area contributed by atoms with Crippen molar-refractivity contribution in [2.45, 2.75) is 221 Å². The highest BCUT2D eigenvalue weighted by Gasteiger charge is 2.56. The first-order valence-corrected chi connectivity index (χ1v) is 25.5. The highest BCUT2D eigenvalue weighted by Crippen LogP contribution is 2.57. The zero-order valence-corrected chi connectivity index (χ0v) is 35.3. The monoisotopic (exact) mass is 755 g/mol. The highest BCUT2D eigenvalue weighted by molar-refractivity contribution is 5.30. The fraction of sp³-hybridized carbons (Fsp3) is 0.778. The Labute approximate surface area is 342 Å². The van der Waals surface area contributed by atoms with Crippen LogP contribution in [0.4, 0.5) is 0 Å². The summed E-state index contributed by atoms with van der Waals surface area (Å²) >= 11 is 0. The summed E-state index contributed by atoms with van der Waals surface area (Å²) < 4.78 is 0. The van der Waals surface area contributed by atoms with E-state index < -0.39 is 0 Å². The lowest BCUT2D eigenvalue weighted by molar-refractivity contribution is 0.0361. The molecule has 0 aromatic heterocycles. The minimum Gasteiger partial charge on any atom is -0.294 e. The first kappa shape index (κ1) is 37.4. The van der Waals surface area contributed by atoms with Crippen LogP contribution in [0.2, 0.25) is 0 Å². The van der Waals surface area contributed by atoms with Gasteiger partial charge in [0.05, 0.1) is 0 Å². The van der Waals surface area contributed by atoms with Crippen LogP contribution in [0.1, 0.15) is 196 Å². The second kappa shape index (κ2) is 16.4. The normalized spacial score (nSPS) is 44.8. The predicted octanol–water partition coefficient (Wildman–Crippen LogP) is 13.7. The van der Waals surface area contributed by atoms with Crippen LogP contribution in [0.3, 0.4) is 0 Å². The molecule has 304 valence electrons. The number of nitrogens with zero attached hydrogens (tertiary/aromatic N) is 2. The van der Waals surface area contributed by atoms with Gasteiger partial charge in [0.15, 0.2) is 0 Å². The summed E-state index contributed by atoms with van der Waals surface area (Å²) in [6, 6.07) is 15.1. The van der Waals surface area contributed by atoms with Gasteiger partial charge in [-0.1, -0.05) is 92.3 Å². The summed E-state index contributed by atoms with van der Waals surface area (Å²) in [6.07, 6.45) is 52.7. The topological polar surface area (TPSA) is 6.48 Å². The van der Waals surface area contributed by atoms with Gasteiger partial charge in [0.1, 0.15) is 0 Å². The lowest BCUT2D eigenvalue weighted by atomic mass is 9.62. The van der Waals surface area contributed by atoms with Gasteiger partial charge in [-0.2, -0.15) is 0 Å². The van der Waals surface area contributed by atoms with Crippen LogP contribution >= 0.6 is 0 Å². The first-order chi connectivity index (χ1) is 27.8. The van der Waals surface area contributed by atoms with Crippen LogP contribution in [-0.2, 0) is 0 Å². The van der Waals surface area contributed by atoms with E-state index in [4.69, 9.17) is 0 Å². The van der Waals surface area contributed by atoms with Gasteiger partial charge < -0.3 is 0 Å². The molecule has 2 aliphatic heterocycles. The Morgan fingerprint density at radius 1 is 0.482 bits per heavy atom. The van der Waals surface area contributed by atoms with Gasteiger partial charge in [-0.15, -0.1) is 0 Å². The Bertz CT molecular complexity index is 1590. The zero-order valence-electron chi connectivity index (χ0n) is 35.3. The van der Waals surface area contributed by atoms with Gasteiger partial charge in [-0.05, 0) is 206 Å². The Kier molecular flexibility index (Phi) is 11.0. The van der Waals surface area contributed by atoms with Crippen LogP contribution in [0, 0.1) is 41.4 Å². The maximum Gasteiger partial charge on any atom is 0.0284 e. The molecule has 12 unspecified atom stereocenters. The van der Waals surface area contributed by atoms with Crippen molar-refractivity contribution in [3.8, 4) is 0 Å². The summed E-state index contributed by atoms with van der Waals surface area (Å²) in [4.78, 5) is 6.45. The third-order valence-corrected chi connectivity index (χ3v) is 19.4. The fourth-order valence-electron chi connectivity index (χ4n) is 16.8. The average Bonchev–Trinajstić information content (AvgIpc) is 3.79. The van der Waals surface area contributed by atoms with E-state index in [0.717, 1.165) is 83.5 Å². The van der Waals surface area contributed by atoms with E-state index in [2.05, 4.69) is 64.4 Å². The molecule has 56 heavy (non-hydrogen) atoms. The molecule has 2 heterocycles. The Hall–Kier alpha value is -1.64. The van der Waals surface area contributed by atoms with E-state index in [1.807, 2.05) is 0 Å². The Morgan fingerprint density at radius 2 is 1.21 bits per heavy atom. The Morgan fingerprint density at radius 3 is 1.98 bits per heavy atom. The minimum atomic E-state index is 0.700. The first-order valence-electron chi connectivity index (χ1n) is 25.5. The van der Waals surface area contributed by atoms with Crippen molar-refractivity contribution < 1.29 is 0 Å². The molecule has 11 rings (SSSR count). The second-order valence-corrected chi connectivity index (χ2v) is 21.8. The SMILES string of the molecule is C1=CC2C3CC(C4CCC5C(C4)C4CCCCC4N5C4CCC(c5cccc(C6CCCCC6)c5)CC4)CCC3N(C3C=CC(C4=CCCCC4)CC3)C2CC1. The number of rotatable bonds is 6. The summed E-state index contributed by atoms with van der Waals surface area (Å²) in [7, 11) is 0. The predicted molar refractivity (Wildman–Crippen MR) is 234 cm³/mol. The van der Waals surface area contributed by atoms with Crippen molar-refractivity contribution in [2.24, 2.45) is 41.4 Å². The average molecular weight is 755 g/mol. The van der Waals surface area contributed by atoms with Crippen molar-refractivity contribution >= 4 is 0 Å². The third-order valence-electron chi connectivity index (χ3n) is 19.4. The molecule has 0 amide bonds. The van der Waals surface area contributed by atoms with Crippen molar-refractivity contribution in [3.63, 3.8) is 0 Å². The van der Waals surface area contributed by atoms with E-state index in [-0.39, 0.29) is 0 Å². The second-order valence-electron chi connectivity index (χ2n) is 21.8. The van der Waals surface area contributed by atoms with E-state index in [9.17, 15) is 0 Å².